The molecule has 0 saturated carbocycles. The van der Waals surface area contributed by atoms with Crippen LogP contribution in [0.2, 0.25) is 0 Å². The Kier molecular flexibility index (Phi) is 10.6. The van der Waals surface area contributed by atoms with Crippen molar-refractivity contribution in [2.75, 3.05) is 58.9 Å². The van der Waals surface area contributed by atoms with Crippen LogP contribution in [0.15, 0.2) is 66.7 Å². The predicted molar refractivity (Wildman–Crippen MR) is 141 cm³/mol. The average Bonchev–Trinajstić information content (AvgIpc) is 2.84. The summed E-state index contributed by atoms with van der Waals surface area (Å²) in [6.07, 6.45) is 0.824. The van der Waals surface area contributed by atoms with Gasteiger partial charge in [-0.25, -0.2) is 4.79 Å². The van der Waals surface area contributed by atoms with Gasteiger partial charge in [-0.3, -0.25) is 4.90 Å². The van der Waals surface area contributed by atoms with E-state index in [1.54, 1.807) is 0 Å². The van der Waals surface area contributed by atoms with Gasteiger partial charge in [-0.1, -0.05) is 66.7 Å². The molecule has 1 aliphatic heterocycles. The summed E-state index contributed by atoms with van der Waals surface area (Å²) >= 11 is 0. The first-order valence-corrected chi connectivity index (χ1v) is 12.5. The summed E-state index contributed by atoms with van der Waals surface area (Å²) in [7, 11) is 0. The van der Waals surface area contributed by atoms with Crippen molar-refractivity contribution in [2.45, 2.75) is 26.3 Å². The molecule has 3 N–H and O–H groups in total. The van der Waals surface area contributed by atoms with Gasteiger partial charge in [-0.2, -0.15) is 0 Å². The number of carbonyl (C=O) groups is 1. The second-order valence-electron chi connectivity index (χ2n) is 9.26. The van der Waals surface area contributed by atoms with Crippen molar-refractivity contribution < 1.29 is 4.79 Å². The summed E-state index contributed by atoms with van der Waals surface area (Å²) in [4.78, 5) is 17.4. The lowest BCUT2D eigenvalue weighted by Crippen LogP contribution is -2.47. The van der Waals surface area contributed by atoms with Gasteiger partial charge in [0.25, 0.3) is 0 Å². The molecule has 1 saturated heterocycles. The van der Waals surface area contributed by atoms with Gasteiger partial charge in [0.1, 0.15) is 0 Å². The number of piperazine rings is 1. The third-order valence-corrected chi connectivity index (χ3v) is 6.27. The van der Waals surface area contributed by atoms with E-state index in [1.165, 1.54) is 16.7 Å². The number of rotatable bonds is 12. The molecule has 2 amide bonds. The van der Waals surface area contributed by atoms with Crippen LogP contribution in [0.5, 0.6) is 0 Å². The smallest absolute Gasteiger partial charge is 0.317 e. The van der Waals surface area contributed by atoms with Crippen LogP contribution in [-0.4, -0.2) is 74.7 Å². The van der Waals surface area contributed by atoms with E-state index in [0.29, 0.717) is 19.6 Å². The van der Waals surface area contributed by atoms with E-state index >= 15 is 0 Å². The Labute approximate surface area is 205 Å². The highest BCUT2D eigenvalue weighted by Gasteiger charge is 2.17. The Balaban J connectivity index is 1.52. The van der Waals surface area contributed by atoms with Crippen molar-refractivity contribution >= 4 is 6.03 Å². The number of nitrogens with one attached hydrogen (secondary N) is 3. The summed E-state index contributed by atoms with van der Waals surface area (Å²) in [5.41, 5.74) is 4.83. The second-order valence-corrected chi connectivity index (χ2v) is 9.26. The van der Waals surface area contributed by atoms with Crippen molar-refractivity contribution in [3.8, 4) is 0 Å². The van der Waals surface area contributed by atoms with E-state index in [2.05, 4.69) is 77.7 Å². The molecule has 184 valence electrons. The maximum absolute atomic E-state index is 13.1. The number of urea groups is 1. The van der Waals surface area contributed by atoms with Crippen molar-refractivity contribution in [3.05, 3.63) is 83.4 Å². The molecule has 0 radical (unpaired) electrons. The number of hydrogen-bond donors (Lipinski definition) is 3. The van der Waals surface area contributed by atoms with Gasteiger partial charge in [0, 0.05) is 64.9 Å². The highest BCUT2D eigenvalue weighted by atomic mass is 16.2. The number of nitrogens with zero attached hydrogens (tertiary/aromatic N) is 2. The fourth-order valence-corrected chi connectivity index (χ4v) is 4.30. The van der Waals surface area contributed by atoms with E-state index in [-0.39, 0.29) is 12.1 Å². The second kappa shape index (κ2) is 13.9. The van der Waals surface area contributed by atoms with Crippen molar-refractivity contribution in [1.29, 1.82) is 0 Å². The largest absolute Gasteiger partial charge is 0.338 e. The van der Waals surface area contributed by atoms with Gasteiger partial charge >= 0.3 is 6.03 Å². The third-order valence-electron chi connectivity index (χ3n) is 6.27. The molecule has 0 bridgehead atoms. The first-order valence-electron chi connectivity index (χ1n) is 12.5. The first kappa shape index (κ1) is 25.9. The minimum absolute atomic E-state index is 0.0256. The van der Waals surface area contributed by atoms with Crippen LogP contribution in [0.4, 0.5) is 4.79 Å². The topological polar surface area (TPSA) is 59.6 Å². The van der Waals surface area contributed by atoms with E-state index in [1.807, 2.05) is 23.1 Å². The number of benzene rings is 2. The predicted octanol–water partition coefficient (Wildman–Crippen LogP) is 3.36. The lowest BCUT2D eigenvalue weighted by atomic mass is 10.1. The lowest BCUT2D eigenvalue weighted by molar-refractivity contribution is 0.198. The molecule has 1 aliphatic rings. The maximum Gasteiger partial charge on any atom is 0.317 e. The Bertz CT molecular complexity index is 895. The SMILES string of the molecule is C=C(CN1CCNCC1)CN(CCNC(C)c1cccc(C)c1)C(=O)NCCc1ccccc1. The molecule has 1 fully saturated rings. The third kappa shape index (κ3) is 8.93. The van der Waals surface area contributed by atoms with Gasteiger partial charge in [0.15, 0.2) is 0 Å². The van der Waals surface area contributed by atoms with Crippen LogP contribution in [0.3, 0.4) is 0 Å². The zero-order valence-electron chi connectivity index (χ0n) is 20.9. The number of carbonyl (C=O) groups excluding carboxylic acids is 1. The van der Waals surface area contributed by atoms with Gasteiger partial charge in [-0.15, -0.1) is 0 Å². The van der Waals surface area contributed by atoms with Crippen LogP contribution < -0.4 is 16.0 Å². The van der Waals surface area contributed by atoms with Crippen molar-refractivity contribution in [1.82, 2.24) is 25.8 Å². The molecular formula is C28H41N5O. The van der Waals surface area contributed by atoms with Crippen LogP contribution in [-0.2, 0) is 6.42 Å². The van der Waals surface area contributed by atoms with Crippen molar-refractivity contribution in [3.63, 3.8) is 0 Å². The summed E-state index contributed by atoms with van der Waals surface area (Å²) in [6, 6.07) is 19.0. The fourth-order valence-electron chi connectivity index (χ4n) is 4.30. The number of aryl methyl sites for hydroxylation is 1. The number of amides is 2. The summed E-state index contributed by atoms with van der Waals surface area (Å²) in [5, 5.41) is 10.1. The Morgan fingerprint density at radius 1 is 1.12 bits per heavy atom. The highest BCUT2D eigenvalue weighted by molar-refractivity contribution is 5.74. The molecule has 0 spiro atoms. The normalized spacial score (nSPS) is 15.0. The van der Waals surface area contributed by atoms with E-state index in [4.69, 9.17) is 0 Å². The minimum Gasteiger partial charge on any atom is -0.338 e. The molecule has 0 aliphatic carbocycles. The zero-order valence-corrected chi connectivity index (χ0v) is 20.9. The molecule has 3 rings (SSSR count). The minimum atomic E-state index is -0.0256. The molecule has 0 aromatic heterocycles. The Hall–Kier alpha value is -2.67. The molecule has 34 heavy (non-hydrogen) atoms. The quantitative estimate of drug-likeness (QED) is 0.423. The highest BCUT2D eigenvalue weighted by Crippen LogP contribution is 2.13. The molecule has 2 aromatic carbocycles. The standard InChI is InChI=1S/C28H41N5O/c1-23-8-7-11-27(20-23)25(3)30-16-19-33(22-24(2)21-32-17-14-29-15-18-32)28(34)31-13-12-26-9-5-4-6-10-26/h4-11,20,25,29-30H,2,12-19,21-22H2,1,3H3,(H,31,34). The molecule has 2 aromatic rings. The van der Waals surface area contributed by atoms with E-state index in [0.717, 1.165) is 51.3 Å². The summed E-state index contributed by atoms with van der Waals surface area (Å²) < 4.78 is 0. The molecular weight excluding hydrogens is 422 g/mol. The zero-order chi connectivity index (χ0) is 24.2. The summed E-state index contributed by atoms with van der Waals surface area (Å²) in [6.45, 7) is 16.0. The fraction of sp³-hybridized carbons (Fsp3) is 0.464. The average molecular weight is 464 g/mol. The van der Waals surface area contributed by atoms with E-state index < -0.39 is 0 Å². The monoisotopic (exact) mass is 463 g/mol. The summed E-state index contributed by atoms with van der Waals surface area (Å²) in [5.74, 6) is 0. The van der Waals surface area contributed by atoms with E-state index in [9.17, 15) is 4.79 Å². The molecule has 1 unspecified atom stereocenters. The van der Waals surface area contributed by atoms with Crippen LogP contribution >= 0.6 is 0 Å². The molecule has 6 heteroatoms. The van der Waals surface area contributed by atoms with Gasteiger partial charge in [0.05, 0.1) is 0 Å². The number of hydrogen-bond acceptors (Lipinski definition) is 4. The van der Waals surface area contributed by atoms with Crippen LogP contribution in [0.25, 0.3) is 0 Å². The van der Waals surface area contributed by atoms with Gasteiger partial charge in [-0.05, 0) is 37.0 Å². The van der Waals surface area contributed by atoms with Gasteiger partial charge in [0.2, 0.25) is 0 Å². The molecule has 6 nitrogen and oxygen atoms in total. The maximum atomic E-state index is 13.1. The Morgan fingerprint density at radius 2 is 1.88 bits per heavy atom. The van der Waals surface area contributed by atoms with Crippen LogP contribution in [0, 0.1) is 6.92 Å². The van der Waals surface area contributed by atoms with Gasteiger partial charge < -0.3 is 20.9 Å². The molecule has 1 atom stereocenters. The Morgan fingerprint density at radius 3 is 2.62 bits per heavy atom. The first-order chi connectivity index (χ1) is 16.5. The van der Waals surface area contributed by atoms with Crippen molar-refractivity contribution in [2.24, 2.45) is 0 Å². The lowest BCUT2D eigenvalue weighted by Gasteiger charge is -2.30. The molecule has 1 heterocycles. The van der Waals surface area contributed by atoms with Crippen LogP contribution in [0.1, 0.15) is 29.7 Å².